The van der Waals surface area contributed by atoms with Gasteiger partial charge >= 0.3 is 0 Å². The predicted molar refractivity (Wildman–Crippen MR) is 84.3 cm³/mol. The van der Waals surface area contributed by atoms with Crippen LogP contribution in [0, 0.1) is 0 Å². The minimum absolute atomic E-state index is 0.245. The molecule has 2 aromatic rings. The van der Waals surface area contributed by atoms with Gasteiger partial charge < -0.3 is 0 Å². The molecule has 2 heterocycles. The number of Topliss-reactive ketones (excluding diaryl/α,β-unsaturated/α-hetero) is 2. The first-order valence-corrected chi connectivity index (χ1v) is 7.51. The van der Waals surface area contributed by atoms with Crippen molar-refractivity contribution < 1.29 is 9.59 Å². The van der Waals surface area contributed by atoms with Crippen molar-refractivity contribution in [1.29, 1.82) is 0 Å². The maximum Gasteiger partial charge on any atom is 0.235 e. The number of nitrogens with zero attached hydrogens (tertiary/aromatic N) is 2. The second-order valence-electron chi connectivity index (χ2n) is 6.23. The summed E-state index contributed by atoms with van der Waals surface area (Å²) < 4.78 is 0. The Hall–Kier alpha value is -2.36. The molecule has 0 bridgehead atoms. The molecule has 3 rings (SSSR count). The summed E-state index contributed by atoms with van der Waals surface area (Å²) in [7, 11) is 0. The summed E-state index contributed by atoms with van der Waals surface area (Å²) >= 11 is 0. The molecule has 0 atom stereocenters. The van der Waals surface area contributed by atoms with Gasteiger partial charge in [-0.05, 0) is 36.1 Å². The fraction of sp³-hybridized carbons (Fsp3) is 0.333. The van der Waals surface area contributed by atoms with Gasteiger partial charge in [0, 0.05) is 11.4 Å². The van der Waals surface area contributed by atoms with E-state index in [-0.39, 0.29) is 11.8 Å². The van der Waals surface area contributed by atoms with Crippen LogP contribution in [0.5, 0.6) is 0 Å². The highest BCUT2D eigenvalue weighted by molar-refractivity contribution is 6.52. The van der Waals surface area contributed by atoms with Crippen molar-refractivity contribution in [3.63, 3.8) is 0 Å². The molecule has 0 radical (unpaired) electrons. The van der Waals surface area contributed by atoms with Crippen molar-refractivity contribution in [1.82, 2.24) is 9.97 Å². The van der Waals surface area contributed by atoms with E-state index < -0.39 is 11.6 Å². The number of carbonyl (C=O) groups excluding carboxylic acids is 2. The molecule has 0 spiro atoms. The van der Waals surface area contributed by atoms with E-state index in [9.17, 15) is 9.59 Å². The Balaban J connectivity index is 2.30. The third kappa shape index (κ3) is 2.15. The maximum absolute atomic E-state index is 12.3. The lowest BCUT2D eigenvalue weighted by Gasteiger charge is -2.19. The predicted octanol–water partition coefficient (Wildman–Crippen LogP) is 3.77. The normalized spacial score (nSPS) is 13.5. The van der Waals surface area contributed by atoms with Crippen LogP contribution in [0.2, 0.25) is 0 Å². The van der Waals surface area contributed by atoms with Crippen LogP contribution in [0.3, 0.4) is 0 Å². The number of rotatable bonds is 2. The highest BCUT2D eigenvalue weighted by Gasteiger charge is 2.33. The average molecular weight is 294 g/mol. The van der Waals surface area contributed by atoms with Crippen LogP contribution in [0.4, 0.5) is 0 Å². The van der Waals surface area contributed by atoms with Crippen LogP contribution in [0.25, 0.3) is 11.4 Å². The van der Waals surface area contributed by atoms with Gasteiger partial charge in [0.1, 0.15) is 11.4 Å². The lowest BCUT2D eigenvalue weighted by atomic mass is 9.89. The lowest BCUT2D eigenvalue weighted by molar-refractivity contribution is 0.0814. The standard InChI is InChI=1S/C18H18N2O2/c1-9(2)13-7-5-11-15(19-13)16-12(18(22)17(11)21)6-8-14(20-16)10(3)4/h5-10H,1-4H3. The van der Waals surface area contributed by atoms with E-state index in [1.165, 1.54) is 0 Å². The van der Waals surface area contributed by atoms with Gasteiger partial charge in [0.15, 0.2) is 0 Å². The number of hydrogen-bond acceptors (Lipinski definition) is 4. The molecule has 0 aromatic carbocycles. The molecule has 1 aliphatic carbocycles. The molecule has 0 unspecified atom stereocenters. The minimum Gasteiger partial charge on any atom is -0.285 e. The quantitative estimate of drug-likeness (QED) is 0.791. The number of hydrogen-bond donors (Lipinski definition) is 0. The van der Waals surface area contributed by atoms with Gasteiger partial charge in [0.05, 0.1) is 11.1 Å². The van der Waals surface area contributed by atoms with Crippen LogP contribution >= 0.6 is 0 Å². The van der Waals surface area contributed by atoms with E-state index >= 15 is 0 Å². The molecule has 0 saturated heterocycles. The zero-order valence-corrected chi connectivity index (χ0v) is 13.2. The first kappa shape index (κ1) is 14.6. The largest absolute Gasteiger partial charge is 0.285 e. The van der Waals surface area contributed by atoms with Gasteiger partial charge in [-0.2, -0.15) is 0 Å². The molecule has 1 aliphatic rings. The van der Waals surface area contributed by atoms with Gasteiger partial charge in [-0.25, -0.2) is 0 Å². The number of aromatic nitrogens is 2. The Labute approximate surface area is 129 Å². The molecular formula is C18H18N2O2. The van der Waals surface area contributed by atoms with Gasteiger partial charge in [-0.3, -0.25) is 19.6 Å². The van der Waals surface area contributed by atoms with Crippen LogP contribution in [0.1, 0.15) is 71.6 Å². The van der Waals surface area contributed by atoms with Crippen molar-refractivity contribution in [2.75, 3.05) is 0 Å². The highest BCUT2D eigenvalue weighted by atomic mass is 16.2. The number of carbonyl (C=O) groups is 2. The molecule has 0 amide bonds. The monoisotopic (exact) mass is 294 g/mol. The molecule has 22 heavy (non-hydrogen) atoms. The van der Waals surface area contributed by atoms with E-state index in [4.69, 9.17) is 0 Å². The molecule has 112 valence electrons. The van der Waals surface area contributed by atoms with Crippen molar-refractivity contribution in [2.45, 2.75) is 39.5 Å². The second-order valence-corrected chi connectivity index (χ2v) is 6.23. The average Bonchev–Trinajstić information content (AvgIpc) is 2.51. The molecule has 0 aliphatic heterocycles. The molecule has 4 heteroatoms. The summed E-state index contributed by atoms with van der Waals surface area (Å²) in [6.07, 6.45) is 0. The summed E-state index contributed by atoms with van der Waals surface area (Å²) in [6.45, 7) is 8.18. The van der Waals surface area contributed by atoms with Crippen molar-refractivity contribution >= 4 is 11.6 Å². The first-order valence-electron chi connectivity index (χ1n) is 7.51. The fourth-order valence-corrected chi connectivity index (χ4v) is 2.56. The molecule has 0 N–H and O–H groups in total. The zero-order valence-electron chi connectivity index (χ0n) is 13.2. The van der Waals surface area contributed by atoms with Crippen molar-refractivity contribution in [3.05, 3.63) is 46.8 Å². The van der Waals surface area contributed by atoms with Crippen LogP contribution in [0.15, 0.2) is 24.3 Å². The Bertz CT molecular complexity index is 724. The van der Waals surface area contributed by atoms with E-state index in [0.29, 0.717) is 22.5 Å². The molecule has 4 nitrogen and oxygen atoms in total. The Morgan fingerprint density at radius 3 is 1.36 bits per heavy atom. The smallest absolute Gasteiger partial charge is 0.235 e. The number of pyridine rings is 2. The molecular weight excluding hydrogens is 276 g/mol. The topological polar surface area (TPSA) is 59.9 Å². The second kappa shape index (κ2) is 5.13. The molecule has 0 saturated carbocycles. The van der Waals surface area contributed by atoms with Gasteiger partial charge in [-0.1, -0.05) is 27.7 Å². The van der Waals surface area contributed by atoms with Gasteiger partial charge in [0.25, 0.3) is 0 Å². The van der Waals surface area contributed by atoms with E-state index in [1.54, 1.807) is 12.1 Å². The fourth-order valence-electron chi connectivity index (χ4n) is 2.56. The maximum atomic E-state index is 12.3. The van der Waals surface area contributed by atoms with E-state index in [2.05, 4.69) is 9.97 Å². The third-order valence-corrected chi connectivity index (χ3v) is 3.94. The number of fused-ring (bicyclic) bond motifs is 3. The summed E-state index contributed by atoms with van der Waals surface area (Å²) in [6, 6.07) is 7.02. The third-order valence-electron chi connectivity index (χ3n) is 3.94. The first-order chi connectivity index (χ1) is 10.4. The minimum atomic E-state index is -0.496. The van der Waals surface area contributed by atoms with Crippen LogP contribution in [-0.2, 0) is 0 Å². The van der Waals surface area contributed by atoms with E-state index in [1.807, 2.05) is 39.8 Å². The Morgan fingerprint density at radius 1 is 0.682 bits per heavy atom. The van der Waals surface area contributed by atoms with Crippen LogP contribution in [-0.4, -0.2) is 21.5 Å². The highest BCUT2D eigenvalue weighted by Crippen LogP contribution is 2.32. The summed E-state index contributed by atoms with van der Waals surface area (Å²) in [5.74, 6) is -0.502. The summed E-state index contributed by atoms with van der Waals surface area (Å²) in [4.78, 5) is 33.7. The van der Waals surface area contributed by atoms with Crippen molar-refractivity contribution in [3.8, 4) is 11.4 Å². The van der Waals surface area contributed by atoms with Gasteiger partial charge in [-0.15, -0.1) is 0 Å². The summed E-state index contributed by atoms with van der Waals surface area (Å²) in [5, 5.41) is 0. The summed E-state index contributed by atoms with van der Waals surface area (Å²) in [5.41, 5.74) is 3.57. The molecule has 0 fully saturated rings. The van der Waals surface area contributed by atoms with Crippen molar-refractivity contribution in [2.24, 2.45) is 0 Å². The van der Waals surface area contributed by atoms with Gasteiger partial charge in [0.2, 0.25) is 11.6 Å². The Morgan fingerprint density at radius 2 is 1.05 bits per heavy atom. The SMILES string of the molecule is CC(C)c1ccc2c(n1)-c1nc(C(C)C)ccc1C(=O)C2=O. The van der Waals surface area contributed by atoms with Crippen LogP contribution < -0.4 is 0 Å². The number of ketones is 2. The van der Waals surface area contributed by atoms with E-state index in [0.717, 1.165) is 11.4 Å². The lowest BCUT2D eigenvalue weighted by Crippen LogP contribution is -2.23. The molecule has 2 aromatic heterocycles. The Kier molecular flexibility index (Phi) is 3.39. The zero-order chi connectivity index (χ0) is 16.0.